The molecule has 0 radical (unpaired) electrons. The van der Waals surface area contributed by atoms with Crippen LogP contribution in [0.3, 0.4) is 0 Å². The molecule has 0 fully saturated rings. The molecule has 0 heterocycles. The minimum Gasteiger partial charge on any atom is -0.380 e. The number of hydrogen-bond donors (Lipinski definition) is 3. The molecule has 6 heteroatoms. The van der Waals surface area contributed by atoms with Gasteiger partial charge in [-0.2, -0.15) is 0 Å². The molecule has 0 aromatic heterocycles. The highest BCUT2D eigenvalue weighted by molar-refractivity contribution is 5.84. The molecule has 0 saturated heterocycles. The molecule has 1 atom stereocenters. The maximum Gasteiger partial charge on any atom is 0.239 e. The Hall–Kier alpha value is -1.92. The highest BCUT2D eigenvalue weighted by atomic mass is 16.5. The fraction of sp³-hybridized carbons (Fsp3) is 0.429. The van der Waals surface area contributed by atoms with E-state index in [2.05, 4.69) is 10.6 Å². The van der Waals surface area contributed by atoms with E-state index in [4.69, 9.17) is 10.5 Å². The fourth-order valence-electron chi connectivity index (χ4n) is 1.58. The Labute approximate surface area is 118 Å². The van der Waals surface area contributed by atoms with Crippen LogP contribution in [0, 0.1) is 0 Å². The highest BCUT2D eigenvalue weighted by Crippen LogP contribution is 1.97. The van der Waals surface area contributed by atoms with Gasteiger partial charge in [0.15, 0.2) is 0 Å². The molecule has 2 amide bonds. The van der Waals surface area contributed by atoms with Crippen molar-refractivity contribution in [1.82, 2.24) is 10.6 Å². The largest absolute Gasteiger partial charge is 0.380 e. The first kappa shape index (κ1) is 16.1. The highest BCUT2D eigenvalue weighted by Gasteiger charge is 2.12. The summed E-state index contributed by atoms with van der Waals surface area (Å²) in [6, 6.07) is 9.56. The first-order chi connectivity index (χ1) is 9.65. The van der Waals surface area contributed by atoms with Crippen LogP contribution in [0.1, 0.15) is 12.0 Å². The van der Waals surface area contributed by atoms with E-state index in [1.807, 2.05) is 30.3 Å². The zero-order chi connectivity index (χ0) is 14.8. The van der Waals surface area contributed by atoms with E-state index in [-0.39, 0.29) is 37.4 Å². The number of carbonyl (C=O) groups excluding carboxylic acids is 2. The number of ether oxygens (including phenoxy) is 1. The van der Waals surface area contributed by atoms with Crippen LogP contribution in [0.15, 0.2) is 30.3 Å². The Morgan fingerprint density at radius 3 is 2.50 bits per heavy atom. The van der Waals surface area contributed by atoms with E-state index in [0.717, 1.165) is 5.56 Å². The van der Waals surface area contributed by atoms with Crippen molar-refractivity contribution in [3.8, 4) is 0 Å². The van der Waals surface area contributed by atoms with Gasteiger partial charge in [0.2, 0.25) is 11.8 Å². The number of nitrogens with two attached hydrogens (primary N) is 1. The summed E-state index contributed by atoms with van der Waals surface area (Å²) in [5, 5.41) is 5.26. The zero-order valence-corrected chi connectivity index (χ0v) is 11.6. The van der Waals surface area contributed by atoms with Crippen LogP contribution in [-0.4, -0.2) is 38.1 Å². The number of carbonyl (C=O) groups is 2. The van der Waals surface area contributed by atoms with Crippen LogP contribution in [0.4, 0.5) is 0 Å². The van der Waals surface area contributed by atoms with Crippen LogP contribution in [-0.2, 0) is 20.9 Å². The number of amides is 2. The number of methoxy groups -OCH3 is 1. The van der Waals surface area contributed by atoms with Gasteiger partial charge in [0.05, 0.1) is 19.1 Å². The van der Waals surface area contributed by atoms with Crippen molar-refractivity contribution in [2.24, 2.45) is 5.73 Å². The van der Waals surface area contributed by atoms with Gasteiger partial charge in [0, 0.05) is 20.2 Å². The van der Waals surface area contributed by atoms with Gasteiger partial charge in [-0.15, -0.1) is 0 Å². The second-order valence-electron chi connectivity index (χ2n) is 4.34. The molecule has 0 aliphatic carbocycles. The van der Waals surface area contributed by atoms with Crippen molar-refractivity contribution in [3.63, 3.8) is 0 Å². The molecule has 110 valence electrons. The van der Waals surface area contributed by atoms with Gasteiger partial charge < -0.3 is 21.1 Å². The standard InChI is InChI=1S/C14H21N3O3/c1-20-12(8-15)7-13(18)17-10-14(19)16-9-11-5-3-2-4-6-11/h2-6,12H,7-10,15H2,1H3,(H,16,19)(H,17,18). The Morgan fingerprint density at radius 1 is 1.20 bits per heavy atom. The van der Waals surface area contributed by atoms with Crippen LogP contribution in [0.2, 0.25) is 0 Å². The van der Waals surface area contributed by atoms with Crippen LogP contribution in [0.5, 0.6) is 0 Å². The summed E-state index contributed by atoms with van der Waals surface area (Å²) in [4.78, 5) is 23.1. The SMILES string of the molecule is COC(CN)CC(=O)NCC(=O)NCc1ccccc1. The number of hydrogen-bond acceptors (Lipinski definition) is 4. The van der Waals surface area contributed by atoms with Gasteiger partial charge in [0.25, 0.3) is 0 Å². The van der Waals surface area contributed by atoms with E-state index < -0.39 is 0 Å². The van der Waals surface area contributed by atoms with Crippen LogP contribution in [0.25, 0.3) is 0 Å². The summed E-state index contributed by atoms with van der Waals surface area (Å²) >= 11 is 0. The average molecular weight is 279 g/mol. The van der Waals surface area contributed by atoms with Crippen molar-refractivity contribution in [2.45, 2.75) is 19.1 Å². The Kier molecular flexibility index (Phi) is 7.31. The van der Waals surface area contributed by atoms with Gasteiger partial charge in [0.1, 0.15) is 0 Å². The van der Waals surface area contributed by atoms with E-state index in [1.165, 1.54) is 7.11 Å². The van der Waals surface area contributed by atoms with Gasteiger partial charge in [-0.3, -0.25) is 9.59 Å². The van der Waals surface area contributed by atoms with Crippen LogP contribution < -0.4 is 16.4 Å². The lowest BCUT2D eigenvalue weighted by molar-refractivity contribution is -0.127. The minimum atomic E-state index is -0.317. The average Bonchev–Trinajstić information content (AvgIpc) is 2.49. The third-order valence-corrected chi connectivity index (χ3v) is 2.79. The lowest BCUT2D eigenvalue weighted by Crippen LogP contribution is -2.38. The molecule has 1 rings (SSSR count). The smallest absolute Gasteiger partial charge is 0.239 e. The summed E-state index contributed by atoms with van der Waals surface area (Å²) < 4.78 is 5.00. The maximum atomic E-state index is 11.6. The van der Waals surface area contributed by atoms with Crippen molar-refractivity contribution in [3.05, 3.63) is 35.9 Å². The molecular weight excluding hydrogens is 258 g/mol. The normalized spacial score (nSPS) is 11.7. The zero-order valence-electron chi connectivity index (χ0n) is 11.6. The summed E-state index contributed by atoms with van der Waals surface area (Å²) in [5.74, 6) is -0.485. The molecular formula is C14H21N3O3. The molecule has 0 aliphatic rings. The summed E-state index contributed by atoms with van der Waals surface area (Å²) in [6.07, 6.45) is -0.165. The monoisotopic (exact) mass is 279 g/mol. The first-order valence-corrected chi connectivity index (χ1v) is 6.46. The Balaban J connectivity index is 2.21. The van der Waals surface area contributed by atoms with E-state index in [9.17, 15) is 9.59 Å². The van der Waals surface area contributed by atoms with Crippen molar-refractivity contribution < 1.29 is 14.3 Å². The minimum absolute atomic E-state index is 0.0489. The van der Waals surface area contributed by atoms with Gasteiger partial charge in [-0.05, 0) is 5.56 Å². The molecule has 1 aromatic carbocycles. The Bertz CT molecular complexity index is 419. The summed E-state index contributed by atoms with van der Waals surface area (Å²) in [6.45, 7) is 0.663. The molecule has 20 heavy (non-hydrogen) atoms. The summed E-state index contributed by atoms with van der Waals surface area (Å²) in [5.41, 5.74) is 6.42. The third-order valence-electron chi connectivity index (χ3n) is 2.79. The fourth-order valence-corrected chi connectivity index (χ4v) is 1.58. The van der Waals surface area contributed by atoms with Crippen LogP contribution >= 0.6 is 0 Å². The van der Waals surface area contributed by atoms with E-state index >= 15 is 0 Å². The van der Waals surface area contributed by atoms with Crippen molar-refractivity contribution in [2.75, 3.05) is 20.2 Å². The maximum absolute atomic E-state index is 11.6. The quantitative estimate of drug-likeness (QED) is 0.613. The van der Waals surface area contributed by atoms with E-state index in [0.29, 0.717) is 6.54 Å². The molecule has 0 aliphatic heterocycles. The molecule has 1 unspecified atom stereocenters. The van der Waals surface area contributed by atoms with E-state index in [1.54, 1.807) is 0 Å². The second-order valence-corrected chi connectivity index (χ2v) is 4.34. The third kappa shape index (κ3) is 6.31. The predicted octanol–water partition coefficient (Wildman–Crippen LogP) is -0.217. The number of nitrogens with one attached hydrogen (secondary N) is 2. The van der Waals surface area contributed by atoms with Gasteiger partial charge in [-0.25, -0.2) is 0 Å². The molecule has 1 aromatic rings. The second kappa shape index (κ2) is 9.06. The predicted molar refractivity (Wildman–Crippen MR) is 75.8 cm³/mol. The molecule has 6 nitrogen and oxygen atoms in total. The van der Waals surface area contributed by atoms with Crippen molar-refractivity contribution in [1.29, 1.82) is 0 Å². The van der Waals surface area contributed by atoms with Crippen molar-refractivity contribution >= 4 is 11.8 Å². The Morgan fingerprint density at radius 2 is 1.90 bits per heavy atom. The lowest BCUT2D eigenvalue weighted by atomic mass is 10.2. The molecule has 0 bridgehead atoms. The van der Waals surface area contributed by atoms with Gasteiger partial charge in [-0.1, -0.05) is 30.3 Å². The topological polar surface area (TPSA) is 93.4 Å². The molecule has 0 saturated carbocycles. The number of benzene rings is 1. The van der Waals surface area contributed by atoms with Gasteiger partial charge >= 0.3 is 0 Å². The summed E-state index contributed by atoms with van der Waals surface area (Å²) in [7, 11) is 1.50. The molecule has 0 spiro atoms. The first-order valence-electron chi connectivity index (χ1n) is 6.46. The lowest BCUT2D eigenvalue weighted by Gasteiger charge is -2.12. The number of rotatable bonds is 8. The molecule has 4 N–H and O–H groups in total.